The van der Waals surface area contributed by atoms with Gasteiger partial charge in [-0.25, -0.2) is 0 Å². The van der Waals surface area contributed by atoms with Crippen LogP contribution >= 0.6 is 23.2 Å². The molecule has 0 aliphatic carbocycles. The summed E-state index contributed by atoms with van der Waals surface area (Å²) in [4.78, 5) is 19.4. The Morgan fingerprint density at radius 3 is 1.33 bits per heavy atom. The van der Waals surface area contributed by atoms with E-state index in [2.05, 4.69) is 0 Å². The van der Waals surface area contributed by atoms with Crippen LogP contribution in [0.15, 0.2) is 0 Å². The predicted molar refractivity (Wildman–Crippen MR) is 59.2 cm³/mol. The Labute approximate surface area is 109 Å². The van der Waals surface area contributed by atoms with Crippen molar-refractivity contribution in [3.8, 4) is 12.1 Å². The summed E-state index contributed by atoms with van der Waals surface area (Å²) in [7, 11) is 0. The number of hydrogen-bond acceptors (Lipinski definition) is 6. The fourth-order valence-electron chi connectivity index (χ4n) is 1.22. The van der Waals surface area contributed by atoms with Gasteiger partial charge in [-0.1, -0.05) is 23.2 Å². The monoisotopic (exact) mass is 286 g/mol. The fourth-order valence-corrected chi connectivity index (χ4v) is 1.73. The first-order valence-electron chi connectivity index (χ1n) is 4.00. The molecule has 0 N–H and O–H groups in total. The van der Waals surface area contributed by atoms with Gasteiger partial charge in [-0.15, -0.1) is 0 Å². The third kappa shape index (κ3) is 1.91. The third-order valence-electron chi connectivity index (χ3n) is 1.92. The molecular formula is C8Cl2N4O4. The van der Waals surface area contributed by atoms with Crippen molar-refractivity contribution in [2.24, 2.45) is 0 Å². The van der Waals surface area contributed by atoms with E-state index in [0.717, 1.165) is 0 Å². The Balaban J connectivity index is 4.03. The summed E-state index contributed by atoms with van der Waals surface area (Å²) in [5.41, 5.74) is -3.43. The van der Waals surface area contributed by atoms with Gasteiger partial charge in [-0.05, 0) is 0 Å². The zero-order valence-corrected chi connectivity index (χ0v) is 9.69. The molecular weight excluding hydrogens is 287 g/mol. The van der Waals surface area contributed by atoms with Crippen LogP contribution in [-0.4, -0.2) is 9.85 Å². The quantitative estimate of drug-likeness (QED) is 0.605. The zero-order chi connectivity index (χ0) is 14.0. The molecule has 1 rings (SSSR count). The van der Waals surface area contributed by atoms with Gasteiger partial charge in [-0.2, -0.15) is 10.5 Å². The molecule has 0 spiro atoms. The lowest BCUT2D eigenvalue weighted by molar-refractivity contribution is -0.389. The van der Waals surface area contributed by atoms with Crippen LogP contribution in [-0.2, 0) is 0 Å². The van der Waals surface area contributed by atoms with Gasteiger partial charge in [0.15, 0.2) is 11.1 Å². The summed E-state index contributed by atoms with van der Waals surface area (Å²) in [6, 6.07) is 2.70. The van der Waals surface area contributed by atoms with E-state index in [1.54, 1.807) is 0 Å². The van der Waals surface area contributed by atoms with Crippen molar-refractivity contribution in [3.63, 3.8) is 0 Å². The van der Waals surface area contributed by atoms with Gasteiger partial charge < -0.3 is 0 Å². The maximum Gasteiger partial charge on any atom is 0.308 e. The van der Waals surface area contributed by atoms with E-state index < -0.39 is 42.4 Å². The first-order chi connectivity index (χ1) is 8.36. The van der Waals surface area contributed by atoms with Crippen LogP contribution in [0.5, 0.6) is 0 Å². The van der Waals surface area contributed by atoms with Gasteiger partial charge in [0.25, 0.3) is 0 Å². The minimum Gasteiger partial charge on any atom is -0.258 e. The van der Waals surface area contributed by atoms with Gasteiger partial charge in [-0.3, -0.25) is 20.2 Å². The molecule has 1 aromatic rings. The smallest absolute Gasteiger partial charge is 0.258 e. The van der Waals surface area contributed by atoms with E-state index in [0.29, 0.717) is 0 Å². The highest BCUT2D eigenvalue weighted by Gasteiger charge is 2.35. The molecule has 10 heteroatoms. The maximum atomic E-state index is 10.7. The number of nitriles is 2. The topological polar surface area (TPSA) is 134 Å². The average molecular weight is 287 g/mol. The molecule has 0 aliphatic heterocycles. The highest BCUT2D eigenvalue weighted by Crippen LogP contribution is 2.43. The predicted octanol–water partition coefficient (Wildman–Crippen LogP) is 2.55. The van der Waals surface area contributed by atoms with Gasteiger partial charge in [0.05, 0.1) is 9.85 Å². The molecule has 0 amide bonds. The van der Waals surface area contributed by atoms with Crippen LogP contribution in [0.3, 0.4) is 0 Å². The van der Waals surface area contributed by atoms with E-state index in [1.807, 2.05) is 0 Å². The van der Waals surface area contributed by atoms with Gasteiger partial charge in [0, 0.05) is 0 Å². The van der Waals surface area contributed by atoms with Crippen LogP contribution in [0.2, 0.25) is 10.0 Å². The number of nitro benzene ring substituents is 2. The second-order valence-corrected chi connectivity index (χ2v) is 3.57. The van der Waals surface area contributed by atoms with Gasteiger partial charge in [0.1, 0.15) is 22.2 Å². The Morgan fingerprint density at radius 1 is 0.889 bits per heavy atom. The molecule has 0 fully saturated rings. The minimum absolute atomic E-state index is 0.746. The summed E-state index contributed by atoms with van der Waals surface area (Å²) >= 11 is 11.0. The van der Waals surface area contributed by atoms with Crippen LogP contribution in [0.1, 0.15) is 11.1 Å². The Hall–Kier alpha value is -2.42. The molecule has 8 nitrogen and oxygen atoms in total. The SMILES string of the molecule is N#Cc1c(C#N)c([N+](=O)[O-])c(Cl)c(Cl)c1[N+](=O)[O-]. The van der Waals surface area contributed by atoms with Crippen molar-refractivity contribution in [2.75, 3.05) is 0 Å². The van der Waals surface area contributed by atoms with E-state index in [9.17, 15) is 20.2 Å². The van der Waals surface area contributed by atoms with Crippen LogP contribution in [0.25, 0.3) is 0 Å². The van der Waals surface area contributed by atoms with E-state index >= 15 is 0 Å². The molecule has 0 saturated heterocycles. The molecule has 0 radical (unpaired) electrons. The molecule has 0 saturated carbocycles. The average Bonchev–Trinajstić information content (AvgIpc) is 2.30. The number of hydrogen-bond donors (Lipinski definition) is 0. The number of nitro groups is 2. The highest BCUT2D eigenvalue weighted by atomic mass is 35.5. The van der Waals surface area contributed by atoms with Crippen molar-refractivity contribution < 1.29 is 9.85 Å². The van der Waals surface area contributed by atoms with E-state index in [-0.39, 0.29) is 0 Å². The van der Waals surface area contributed by atoms with Crippen LogP contribution in [0, 0.1) is 42.9 Å². The van der Waals surface area contributed by atoms with Crippen molar-refractivity contribution in [2.45, 2.75) is 0 Å². The number of benzene rings is 1. The van der Waals surface area contributed by atoms with E-state index in [4.69, 9.17) is 33.7 Å². The standard InChI is InChI=1S/C8Cl2N4O4/c9-5-6(10)8(14(17)18)4(2-12)3(1-11)7(5)13(15)16. The van der Waals surface area contributed by atoms with E-state index in [1.165, 1.54) is 12.1 Å². The normalized spacial score (nSPS) is 9.33. The lowest BCUT2D eigenvalue weighted by Crippen LogP contribution is -2.02. The highest BCUT2D eigenvalue weighted by molar-refractivity contribution is 6.45. The first kappa shape index (κ1) is 13.6. The van der Waals surface area contributed by atoms with Crippen molar-refractivity contribution in [3.05, 3.63) is 41.4 Å². The van der Waals surface area contributed by atoms with Crippen LogP contribution in [0.4, 0.5) is 11.4 Å². The van der Waals surface area contributed by atoms with Crippen molar-refractivity contribution in [1.29, 1.82) is 10.5 Å². The Kier molecular flexibility index (Phi) is 3.67. The molecule has 0 atom stereocenters. The number of nitrogens with zero attached hydrogens (tertiary/aromatic N) is 4. The molecule has 1 aromatic carbocycles. The summed E-state index contributed by atoms with van der Waals surface area (Å²) in [5.74, 6) is 0. The first-order valence-corrected chi connectivity index (χ1v) is 4.76. The summed E-state index contributed by atoms with van der Waals surface area (Å²) in [5, 5.41) is 37.5. The minimum atomic E-state index is -1.03. The Morgan fingerprint density at radius 2 is 1.17 bits per heavy atom. The number of rotatable bonds is 2. The molecule has 90 valence electrons. The van der Waals surface area contributed by atoms with Crippen LogP contribution < -0.4 is 0 Å². The lowest BCUT2D eigenvalue weighted by Gasteiger charge is -2.03. The maximum absolute atomic E-state index is 10.7. The van der Waals surface area contributed by atoms with Crippen molar-refractivity contribution in [1.82, 2.24) is 0 Å². The van der Waals surface area contributed by atoms with Gasteiger partial charge in [0.2, 0.25) is 0 Å². The van der Waals surface area contributed by atoms with Gasteiger partial charge >= 0.3 is 11.4 Å². The second-order valence-electron chi connectivity index (χ2n) is 2.81. The lowest BCUT2D eigenvalue weighted by atomic mass is 10.1. The second kappa shape index (κ2) is 4.84. The molecule has 0 aromatic heterocycles. The fraction of sp³-hybridized carbons (Fsp3) is 0. The third-order valence-corrected chi connectivity index (χ3v) is 2.75. The molecule has 0 aliphatic rings. The number of halogens is 2. The molecule has 0 bridgehead atoms. The Bertz CT molecular complexity index is 602. The largest absolute Gasteiger partial charge is 0.308 e. The summed E-state index contributed by atoms with van der Waals surface area (Å²) in [6.07, 6.45) is 0. The zero-order valence-electron chi connectivity index (χ0n) is 8.18. The molecule has 18 heavy (non-hydrogen) atoms. The summed E-state index contributed by atoms with van der Waals surface area (Å²) < 4.78 is 0. The summed E-state index contributed by atoms with van der Waals surface area (Å²) in [6.45, 7) is 0. The molecule has 0 unspecified atom stereocenters. The van der Waals surface area contributed by atoms with Crippen molar-refractivity contribution >= 4 is 34.6 Å². The molecule has 0 heterocycles.